The molecule has 1 fully saturated rings. The highest BCUT2D eigenvalue weighted by atomic mass is 32.2. The van der Waals surface area contributed by atoms with Gasteiger partial charge in [0.2, 0.25) is 15.8 Å². The van der Waals surface area contributed by atoms with Crippen LogP contribution >= 0.6 is 0 Å². The van der Waals surface area contributed by atoms with E-state index in [1.165, 1.54) is 0 Å². The Hall–Kier alpha value is -2.29. The molecule has 1 saturated heterocycles. The highest BCUT2D eigenvalue weighted by Gasteiger charge is 2.28. The van der Waals surface area contributed by atoms with Crippen molar-refractivity contribution in [2.24, 2.45) is 0 Å². The number of ether oxygens (including phenoxy) is 3. The molecular formula is C21H28N2O5S. The van der Waals surface area contributed by atoms with Gasteiger partial charge in [0.1, 0.15) is 0 Å². The van der Waals surface area contributed by atoms with Crippen molar-refractivity contribution < 1.29 is 22.6 Å². The Bertz CT molecular complexity index is 911. The molecule has 1 aliphatic heterocycles. The Morgan fingerprint density at radius 1 is 0.862 bits per heavy atom. The predicted octanol–water partition coefficient (Wildman–Crippen LogP) is 2.53. The lowest BCUT2D eigenvalue weighted by molar-refractivity contribution is 0.181. The lowest BCUT2D eigenvalue weighted by Gasteiger charge is -2.34. The van der Waals surface area contributed by atoms with Gasteiger partial charge in [-0.2, -0.15) is 4.31 Å². The summed E-state index contributed by atoms with van der Waals surface area (Å²) in [5, 5.41) is 0. The fraction of sp³-hybridized carbons (Fsp3) is 0.429. The van der Waals surface area contributed by atoms with E-state index in [0.29, 0.717) is 54.9 Å². The van der Waals surface area contributed by atoms with Crippen LogP contribution in [0.5, 0.6) is 17.2 Å². The highest BCUT2D eigenvalue weighted by molar-refractivity contribution is 7.89. The van der Waals surface area contributed by atoms with Crippen molar-refractivity contribution in [3.8, 4) is 17.2 Å². The molecule has 158 valence electrons. The predicted molar refractivity (Wildman–Crippen MR) is 111 cm³/mol. The summed E-state index contributed by atoms with van der Waals surface area (Å²) in [6.45, 7) is 4.85. The van der Waals surface area contributed by atoms with Gasteiger partial charge in [0.15, 0.2) is 11.5 Å². The fourth-order valence-electron chi connectivity index (χ4n) is 3.47. The molecule has 0 unspecified atom stereocenters. The molecule has 0 amide bonds. The molecule has 0 radical (unpaired) electrons. The molecule has 0 N–H and O–H groups in total. The molecule has 7 nitrogen and oxygen atoms in total. The van der Waals surface area contributed by atoms with Gasteiger partial charge < -0.3 is 14.2 Å². The summed E-state index contributed by atoms with van der Waals surface area (Å²) < 4.78 is 43.5. The van der Waals surface area contributed by atoms with Crippen molar-refractivity contribution in [1.29, 1.82) is 0 Å². The van der Waals surface area contributed by atoms with E-state index in [2.05, 4.69) is 4.90 Å². The van der Waals surface area contributed by atoms with Crippen LogP contribution in [-0.2, 0) is 16.6 Å². The van der Waals surface area contributed by atoms with Gasteiger partial charge in [-0.15, -0.1) is 0 Å². The van der Waals surface area contributed by atoms with E-state index in [1.54, 1.807) is 37.8 Å². The van der Waals surface area contributed by atoms with E-state index < -0.39 is 10.0 Å². The molecule has 2 aromatic carbocycles. The number of aryl methyl sites for hydroxylation is 1. The molecule has 8 heteroatoms. The van der Waals surface area contributed by atoms with Crippen molar-refractivity contribution >= 4 is 10.0 Å². The van der Waals surface area contributed by atoms with E-state index >= 15 is 0 Å². The minimum absolute atomic E-state index is 0.348. The normalized spacial score (nSPS) is 15.9. The Morgan fingerprint density at radius 2 is 1.41 bits per heavy atom. The number of nitrogens with zero attached hydrogens (tertiary/aromatic N) is 2. The number of piperazine rings is 1. The monoisotopic (exact) mass is 420 g/mol. The van der Waals surface area contributed by atoms with Crippen molar-refractivity contribution in [2.75, 3.05) is 47.5 Å². The number of rotatable bonds is 7. The van der Waals surface area contributed by atoms with E-state index in [9.17, 15) is 8.42 Å². The smallest absolute Gasteiger partial charge is 0.243 e. The molecule has 29 heavy (non-hydrogen) atoms. The van der Waals surface area contributed by atoms with Gasteiger partial charge in [-0.25, -0.2) is 8.42 Å². The largest absolute Gasteiger partial charge is 0.493 e. The summed E-state index contributed by atoms with van der Waals surface area (Å²) in [7, 11) is 1.31. The molecule has 2 aromatic rings. The van der Waals surface area contributed by atoms with Gasteiger partial charge in [-0.3, -0.25) is 4.90 Å². The van der Waals surface area contributed by atoms with Crippen LogP contribution in [0.2, 0.25) is 0 Å². The van der Waals surface area contributed by atoms with Crippen molar-refractivity contribution in [1.82, 2.24) is 9.21 Å². The topological polar surface area (TPSA) is 68.3 Å². The first-order valence-electron chi connectivity index (χ1n) is 9.47. The molecule has 0 spiro atoms. The first-order valence-corrected chi connectivity index (χ1v) is 10.9. The summed E-state index contributed by atoms with van der Waals surface area (Å²) >= 11 is 0. The van der Waals surface area contributed by atoms with Crippen molar-refractivity contribution in [3.05, 3.63) is 47.5 Å². The Labute approximate surface area is 172 Å². The third-order valence-corrected chi connectivity index (χ3v) is 7.03. The number of methoxy groups -OCH3 is 3. The van der Waals surface area contributed by atoms with E-state index in [1.807, 2.05) is 31.2 Å². The molecule has 1 heterocycles. The van der Waals surface area contributed by atoms with Gasteiger partial charge in [0, 0.05) is 32.7 Å². The third kappa shape index (κ3) is 4.66. The summed E-state index contributed by atoms with van der Waals surface area (Å²) in [6, 6.07) is 10.9. The maximum absolute atomic E-state index is 12.9. The van der Waals surface area contributed by atoms with Crippen LogP contribution in [0.4, 0.5) is 0 Å². The number of sulfonamides is 1. The average Bonchev–Trinajstić information content (AvgIpc) is 2.73. The standard InChI is InChI=1S/C21H28N2O5S/c1-16-5-7-18(8-6-16)29(24,25)23-11-9-22(10-12-23)15-17-13-19(26-2)21(28-4)20(14-17)27-3/h5-8,13-14H,9-12,15H2,1-4H3. The molecule has 0 aliphatic carbocycles. The van der Waals surface area contributed by atoms with Gasteiger partial charge >= 0.3 is 0 Å². The number of benzene rings is 2. The van der Waals surface area contributed by atoms with Crippen LogP contribution in [0, 0.1) is 6.92 Å². The SMILES string of the molecule is COc1cc(CN2CCN(S(=O)(=O)c3ccc(C)cc3)CC2)cc(OC)c1OC. The summed E-state index contributed by atoms with van der Waals surface area (Å²) in [5.41, 5.74) is 2.06. The Balaban J connectivity index is 1.68. The number of hydrogen-bond donors (Lipinski definition) is 0. The summed E-state index contributed by atoms with van der Waals surface area (Å²) in [5.74, 6) is 1.79. The van der Waals surface area contributed by atoms with Crippen molar-refractivity contribution in [2.45, 2.75) is 18.4 Å². The van der Waals surface area contributed by atoms with Crippen LogP contribution in [0.1, 0.15) is 11.1 Å². The quantitative estimate of drug-likeness (QED) is 0.686. The van der Waals surface area contributed by atoms with Crippen LogP contribution in [0.15, 0.2) is 41.3 Å². The highest BCUT2D eigenvalue weighted by Crippen LogP contribution is 2.38. The zero-order valence-electron chi connectivity index (χ0n) is 17.3. The number of hydrogen-bond acceptors (Lipinski definition) is 6. The van der Waals surface area contributed by atoms with Crippen molar-refractivity contribution in [3.63, 3.8) is 0 Å². The van der Waals surface area contributed by atoms with Gasteiger partial charge in [0.05, 0.1) is 26.2 Å². The molecule has 0 bridgehead atoms. The summed E-state index contributed by atoms with van der Waals surface area (Å²) in [4.78, 5) is 2.57. The molecule has 1 aliphatic rings. The van der Waals surface area contributed by atoms with Crippen LogP contribution in [-0.4, -0.2) is 65.1 Å². The first-order chi connectivity index (χ1) is 13.9. The first kappa shape index (κ1) is 21.4. The zero-order chi connectivity index (χ0) is 21.0. The zero-order valence-corrected chi connectivity index (χ0v) is 18.2. The minimum Gasteiger partial charge on any atom is -0.493 e. The maximum Gasteiger partial charge on any atom is 0.243 e. The van der Waals surface area contributed by atoms with E-state index in [0.717, 1.165) is 11.1 Å². The third-order valence-electron chi connectivity index (χ3n) is 5.12. The Morgan fingerprint density at radius 3 is 1.90 bits per heavy atom. The second-order valence-corrected chi connectivity index (χ2v) is 8.96. The Kier molecular flexibility index (Phi) is 6.66. The van der Waals surface area contributed by atoms with E-state index in [-0.39, 0.29) is 0 Å². The van der Waals surface area contributed by atoms with Crippen LogP contribution in [0.25, 0.3) is 0 Å². The maximum atomic E-state index is 12.9. The van der Waals surface area contributed by atoms with E-state index in [4.69, 9.17) is 14.2 Å². The molecule has 3 rings (SSSR count). The second-order valence-electron chi connectivity index (χ2n) is 7.03. The summed E-state index contributed by atoms with van der Waals surface area (Å²) in [6.07, 6.45) is 0. The average molecular weight is 421 g/mol. The van der Waals surface area contributed by atoms with Crippen LogP contribution < -0.4 is 14.2 Å². The van der Waals surface area contributed by atoms with Gasteiger partial charge in [-0.1, -0.05) is 17.7 Å². The molecule has 0 atom stereocenters. The second kappa shape index (κ2) is 9.02. The molecule has 0 saturated carbocycles. The lowest BCUT2D eigenvalue weighted by Crippen LogP contribution is -2.48. The van der Waals surface area contributed by atoms with Crippen LogP contribution in [0.3, 0.4) is 0 Å². The minimum atomic E-state index is -3.46. The lowest BCUT2D eigenvalue weighted by atomic mass is 10.1. The fourth-order valence-corrected chi connectivity index (χ4v) is 4.89. The molecular weight excluding hydrogens is 392 g/mol. The van der Waals surface area contributed by atoms with Gasteiger partial charge in [-0.05, 0) is 36.8 Å². The molecule has 0 aromatic heterocycles. The van der Waals surface area contributed by atoms with Gasteiger partial charge in [0.25, 0.3) is 0 Å².